The van der Waals surface area contributed by atoms with Gasteiger partial charge in [-0.05, 0) is 31.9 Å². The normalized spacial score (nSPS) is 17.5. The maximum atomic E-state index is 12.3. The number of likely N-dealkylation sites (N-methyl/N-ethyl adjacent to an activating group) is 1. The number of alkyl halides is 6. The Labute approximate surface area is 232 Å². The lowest BCUT2D eigenvalue weighted by atomic mass is 9.84. The maximum Gasteiger partial charge on any atom is 0.490 e. The van der Waals surface area contributed by atoms with Gasteiger partial charge in [-0.3, -0.25) is 4.90 Å². The smallest absolute Gasteiger partial charge is 0.475 e. The third kappa shape index (κ3) is 8.19. The number of halogens is 6. The van der Waals surface area contributed by atoms with Crippen molar-refractivity contribution in [3.05, 3.63) is 42.4 Å². The number of carboxylic acid groups (broad SMARTS) is 2. The third-order valence-electron chi connectivity index (χ3n) is 6.71. The lowest BCUT2D eigenvalue weighted by Crippen LogP contribution is -2.58. The topological polar surface area (TPSA) is 133 Å². The Kier molecular flexibility index (Phi) is 11.0. The molecule has 2 aromatic rings. The molecule has 1 aromatic heterocycles. The number of rotatable bonds is 4. The van der Waals surface area contributed by atoms with E-state index in [4.69, 9.17) is 24.8 Å². The Bertz CT molecular complexity index is 1270. The quantitative estimate of drug-likeness (QED) is 0.496. The van der Waals surface area contributed by atoms with Crippen molar-refractivity contribution in [2.75, 3.05) is 31.9 Å². The van der Waals surface area contributed by atoms with Gasteiger partial charge in [0.2, 0.25) is 10.0 Å². The van der Waals surface area contributed by atoms with E-state index < -0.39 is 34.3 Å². The van der Waals surface area contributed by atoms with Gasteiger partial charge in [0.15, 0.2) is 0 Å². The van der Waals surface area contributed by atoms with Gasteiger partial charge in [0.05, 0.1) is 23.2 Å². The number of nitrogens with zero attached hydrogens (tertiary/aromatic N) is 4. The summed E-state index contributed by atoms with van der Waals surface area (Å²) in [5.41, 5.74) is 2.17. The van der Waals surface area contributed by atoms with Gasteiger partial charge >= 0.3 is 24.3 Å². The largest absolute Gasteiger partial charge is 0.490 e. The van der Waals surface area contributed by atoms with Gasteiger partial charge in [0.1, 0.15) is 5.82 Å². The van der Waals surface area contributed by atoms with Crippen LogP contribution in [0.25, 0.3) is 11.3 Å². The van der Waals surface area contributed by atoms with Crippen molar-refractivity contribution >= 4 is 22.0 Å². The van der Waals surface area contributed by atoms with Crippen molar-refractivity contribution in [2.45, 2.75) is 51.1 Å². The average molecular weight is 617 g/mol. The molecule has 0 aliphatic carbocycles. The standard InChI is InChI=1S/C20H28N4O2S.2C2HF3O2/c1-3-22-14-15-24-18(17-8-6-5-7-9-17)16-21-19(24)20(22)10-12-23(13-11-20)27(25,26)4-2;2*3-2(4,5)1(6)7/h5-9,16H,3-4,10-15H2,1-2H3;2*(H,6,7). The Morgan fingerprint density at radius 3 is 1.80 bits per heavy atom. The zero-order valence-electron chi connectivity index (χ0n) is 22.1. The number of carboxylic acids is 2. The van der Waals surface area contributed by atoms with E-state index in [1.54, 1.807) is 11.2 Å². The summed E-state index contributed by atoms with van der Waals surface area (Å²) in [6.07, 6.45) is -6.59. The molecule has 4 rings (SSSR count). The molecule has 0 saturated carbocycles. The number of aliphatic carboxylic acids is 2. The number of piperidine rings is 1. The molecule has 3 heterocycles. The highest BCUT2D eigenvalue weighted by atomic mass is 32.2. The predicted molar refractivity (Wildman–Crippen MR) is 134 cm³/mol. The molecule has 230 valence electrons. The molecule has 1 fully saturated rings. The number of hydrogen-bond donors (Lipinski definition) is 2. The first-order valence-electron chi connectivity index (χ1n) is 12.3. The lowest BCUT2D eigenvalue weighted by Gasteiger charge is -2.50. The molecule has 2 aliphatic heterocycles. The van der Waals surface area contributed by atoms with Crippen molar-refractivity contribution in [1.29, 1.82) is 0 Å². The Hall–Kier alpha value is -3.18. The zero-order chi connectivity index (χ0) is 31.2. The fraction of sp³-hybridized carbons (Fsp3) is 0.542. The van der Waals surface area contributed by atoms with Crippen LogP contribution in [0.4, 0.5) is 26.3 Å². The summed E-state index contributed by atoms with van der Waals surface area (Å²) < 4.78 is 92.1. The first kappa shape index (κ1) is 34.0. The summed E-state index contributed by atoms with van der Waals surface area (Å²) in [6.45, 7) is 7.89. The molecular weight excluding hydrogens is 586 g/mol. The van der Waals surface area contributed by atoms with Gasteiger partial charge < -0.3 is 14.8 Å². The fourth-order valence-corrected chi connectivity index (χ4v) is 5.81. The summed E-state index contributed by atoms with van der Waals surface area (Å²) in [7, 11) is -3.13. The van der Waals surface area contributed by atoms with Gasteiger partial charge in [-0.15, -0.1) is 0 Å². The van der Waals surface area contributed by atoms with E-state index in [0.29, 0.717) is 13.1 Å². The number of imidazole rings is 1. The second kappa shape index (κ2) is 13.2. The minimum atomic E-state index is -5.08. The van der Waals surface area contributed by atoms with E-state index in [1.165, 1.54) is 5.56 Å². The molecule has 0 atom stereocenters. The average Bonchev–Trinajstić information content (AvgIpc) is 3.35. The van der Waals surface area contributed by atoms with Gasteiger partial charge in [-0.1, -0.05) is 37.3 Å². The van der Waals surface area contributed by atoms with E-state index in [2.05, 4.69) is 40.7 Å². The number of fused-ring (bicyclic) bond motifs is 2. The number of aromatic nitrogens is 2. The molecule has 0 bridgehead atoms. The number of benzene rings is 1. The van der Waals surface area contributed by atoms with Crippen LogP contribution in [0.3, 0.4) is 0 Å². The summed E-state index contributed by atoms with van der Waals surface area (Å²) in [5.74, 6) is -4.24. The van der Waals surface area contributed by atoms with Crippen LogP contribution in [0.15, 0.2) is 36.5 Å². The Morgan fingerprint density at radius 1 is 0.902 bits per heavy atom. The molecule has 1 aromatic carbocycles. The van der Waals surface area contributed by atoms with Crippen LogP contribution in [-0.4, -0.2) is 93.6 Å². The minimum Gasteiger partial charge on any atom is -0.475 e. The van der Waals surface area contributed by atoms with Crippen LogP contribution in [0, 0.1) is 0 Å². The van der Waals surface area contributed by atoms with Crippen LogP contribution in [0.2, 0.25) is 0 Å². The highest BCUT2D eigenvalue weighted by Crippen LogP contribution is 2.42. The molecule has 1 spiro atoms. The van der Waals surface area contributed by atoms with E-state index in [-0.39, 0.29) is 11.3 Å². The SMILES string of the molecule is CCN1CCn2c(-c3ccccc3)cnc2C12CCN(S(=O)(=O)CC)CC2.O=C(O)C(F)(F)F.O=C(O)C(F)(F)F. The van der Waals surface area contributed by atoms with Gasteiger partial charge in [0.25, 0.3) is 0 Å². The van der Waals surface area contributed by atoms with Crippen LogP contribution in [0.5, 0.6) is 0 Å². The van der Waals surface area contributed by atoms with Gasteiger partial charge in [-0.2, -0.15) is 26.3 Å². The van der Waals surface area contributed by atoms with Gasteiger partial charge in [-0.25, -0.2) is 27.3 Å². The number of sulfonamides is 1. The first-order chi connectivity index (χ1) is 18.9. The van der Waals surface area contributed by atoms with Crippen molar-refractivity contribution in [3.63, 3.8) is 0 Å². The molecule has 10 nitrogen and oxygen atoms in total. The minimum absolute atomic E-state index is 0.167. The van der Waals surface area contributed by atoms with Crippen LogP contribution < -0.4 is 0 Å². The van der Waals surface area contributed by atoms with E-state index >= 15 is 0 Å². The molecule has 41 heavy (non-hydrogen) atoms. The molecule has 1 saturated heterocycles. The van der Waals surface area contributed by atoms with Crippen molar-refractivity contribution in [2.24, 2.45) is 0 Å². The highest BCUT2D eigenvalue weighted by Gasteiger charge is 2.48. The van der Waals surface area contributed by atoms with E-state index in [0.717, 1.165) is 44.0 Å². The number of hydrogen-bond acceptors (Lipinski definition) is 6. The van der Waals surface area contributed by atoms with E-state index in [9.17, 15) is 34.8 Å². The van der Waals surface area contributed by atoms with E-state index in [1.807, 2.05) is 12.3 Å². The zero-order valence-corrected chi connectivity index (χ0v) is 22.9. The molecule has 0 amide bonds. The monoisotopic (exact) mass is 616 g/mol. The predicted octanol–water partition coefficient (Wildman–Crippen LogP) is 3.79. The molecule has 0 radical (unpaired) electrons. The van der Waals surface area contributed by atoms with Crippen molar-refractivity contribution in [1.82, 2.24) is 18.8 Å². The summed E-state index contributed by atoms with van der Waals surface area (Å²) in [6, 6.07) is 10.4. The Balaban J connectivity index is 0.000000349. The van der Waals surface area contributed by atoms with Crippen molar-refractivity contribution < 1.29 is 54.6 Å². The summed E-state index contributed by atoms with van der Waals surface area (Å²) in [4.78, 5) is 25.2. The summed E-state index contributed by atoms with van der Waals surface area (Å²) >= 11 is 0. The third-order valence-corrected chi connectivity index (χ3v) is 8.60. The second-order valence-electron chi connectivity index (χ2n) is 9.00. The fourth-order valence-electron chi connectivity index (χ4n) is 4.71. The maximum absolute atomic E-state index is 12.3. The first-order valence-corrected chi connectivity index (χ1v) is 14.0. The van der Waals surface area contributed by atoms with Crippen molar-refractivity contribution in [3.8, 4) is 11.3 Å². The van der Waals surface area contributed by atoms with Gasteiger partial charge in [0, 0.05) is 26.2 Å². The summed E-state index contributed by atoms with van der Waals surface area (Å²) in [5, 5.41) is 14.2. The second-order valence-corrected chi connectivity index (χ2v) is 11.3. The lowest BCUT2D eigenvalue weighted by molar-refractivity contribution is -0.193. The highest BCUT2D eigenvalue weighted by molar-refractivity contribution is 7.89. The van der Waals surface area contributed by atoms with Crippen LogP contribution >= 0.6 is 0 Å². The van der Waals surface area contributed by atoms with Crippen LogP contribution in [-0.2, 0) is 31.7 Å². The molecule has 2 N–H and O–H groups in total. The van der Waals surface area contributed by atoms with Crippen LogP contribution in [0.1, 0.15) is 32.5 Å². The molecule has 2 aliphatic rings. The molecule has 0 unspecified atom stereocenters. The molecule has 17 heteroatoms. The Morgan fingerprint density at radius 2 is 1.39 bits per heavy atom. The molecular formula is C24H30F6N4O6S. The number of carbonyl (C=O) groups is 2.